The molecule has 0 N–H and O–H groups in total. The second-order valence-corrected chi connectivity index (χ2v) is 6.17. The van der Waals surface area contributed by atoms with Gasteiger partial charge in [0.25, 0.3) is 0 Å². The third-order valence-electron chi connectivity index (χ3n) is 2.76. The van der Waals surface area contributed by atoms with Crippen LogP contribution in [0.1, 0.15) is 11.4 Å². The van der Waals surface area contributed by atoms with Crippen molar-refractivity contribution in [2.24, 2.45) is 0 Å². The topological polar surface area (TPSA) is 75.8 Å². The van der Waals surface area contributed by atoms with Gasteiger partial charge in [0, 0.05) is 25.1 Å². The molecule has 0 saturated heterocycles. The summed E-state index contributed by atoms with van der Waals surface area (Å²) in [5.41, 5.74) is 0.690. The molecular formula is C13H13N3O2S. The molecule has 2 rings (SSSR count). The number of nitriles is 1. The summed E-state index contributed by atoms with van der Waals surface area (Å²) in [4.78, 5) is 4.48. The van der Waals surface area contributed by atoms with Crippen molar-refractivity contribution in [2.45, 2.75) is 17.9 Å². The predicted molar refractivity (Wildman–Crippen MR) is 70.2 cm³/mol. The van der Waals surface area contributed by atoms with Crippen LogP contribution in [-0.4, -0.2) is 24.2 Å². The average molecular weight is 275 g/mol. The van der Waals surface area contributed by atoms with E-state index in [2.05, 4.69) is 4.98 Å². The number of nitrogens with zero attached hydrogens (tertiary/aromatic N) is 3. The number of imidazole rings is 1. The van der Waals surface area contributed by atoms with Gasteiger partial charge in [-0.05, 0) is 11.6 Å². The summed E-state index contributed by atoms with van der Waals surface area (Å²) < 4.78 is 25.1. The molecule has 0 fully saturated rings. The average Bonchev–Trinajstić information content (AvgIpc) is 2.77. The van der Waals surface area contributed by atoms with Gasteiger partial charge in [-0.2, -0.15) is 5.26 Å². The fourth-order valence-corrected chi connectivity index (χ4v) is 2.85. The molecular weight excluding hydrogens is 262 g/mol. The Bertz CT molecular complexity index is 726. The molecule has 5 nitrogen and oxygen atoms in total. The lowest BCUT2D eigenvalue weighted by molar-refractivity contribution is 0.600. The van der Waals surface area contributed by atoms with Crippen molar-refractivity contribution in [3.05, 3.63) is 48.0 Å². The largest absolute Gasteiger partial charge is 0.321 e. The highest BCUT2D eigenvalue weighted by atomic mass is 32.2. The normalized spacial score (nSPS) is 11.2. The van der Waals surface area contributed by atoms with Crippen molar-refractivity contribution < 1.29 is 8.42 Å². The van der Waals surface area contributed by atoms with E-state index in [4.69, 9.17) is 5.26 Å². The molecule has 0 aliphatic heterocycles. The maximum absolute atomic E-state index is 11.7. The Morgan fingerprint density at radius 2 is 2.11 bits per heavy atom. The molecule has 6 heteroatoms. The van der Waals surface area contributed by atoms with Gasteiger partial charge in [-0.1, -0.05) is 18.2 Å². The van der Waals surface area contributed by atoms with Crippen molar-refractivity contribution in [3.8, 4) is 6.07 Å². The number of rotatable bonds is 4. The van der Waals surface area contributed by atoms with E-state index in [1.807, 2.05) is 6.07 Å². The van der Waals surface area contributed by atoms with Crippen molar-refractivity contribution in [2.75, 3.05) is 6.26 Å². The van der Waals surface area contributed by atoms with Crippen molar-refractivity contribution in [1.82, 2.24) is 9.55 Å². The number of sulfone groups is 1. The lowest BCUT2D eigenvalue weighted by atomic mass is 10.1. The Labute approximate surface area is 112 Å². The third kappa shape index (κ3) is 3.01. The van der Waals surface area contributed by atoms with Gasteiger partial charge in [0.2, 0.25) is 0 Å². The fraction of sp³-hybridized carbons (Fsp3) is 0.231. The molecule has 2 aromatic rings. The molecule has 0 aliphatic rings. The lowest BCUT2D eigenvalue weighted by Gasteiger charge is -2.08. The van der Waals surface area contributed by atoms with Gasteiger partial charge in [-0.3, -0.25) is 0 Å². The molecule has 19 heavy (non-hydrogen) atoms. The van der Waals surface area contributed by atoms with Crippen LogP contribution in [0.5, 0.6) is 0 Å². The molecule has 0 atom stereocenters. The first kappa shape index (κ1) is 13.3. The smallest absolute Gasteiger partial charge is 0.175 e. The molecule has 98 valence electrons. The zero-order chi connectivity index (χ0) is 13.9. The molecule has 0 saturated carbocycles. The maximum Gasteiger partial charge on any atom is 0.175 e. The summed E-state index contributed by atoms with van der Waals surface area (Å²) in [6.07, 6.45) is 4.89. The van der Waals surface area contributed by atoms with Crippen LogP contribution in [0.4, 0.5) is 0 Å². The van der Waals surface area contributed by atoms with E-state index in [9.17, 15) is 8.42 Å². The van der Waals surface area contributed by atoms with Crippen molar-refractivity contribution >= 4 is 9.84 Å². The molecule has 0 amide bonds. The van der Waals surface area contributed by atoms with Crippen molar-refractivity contribution in [1.29, 1.82) is 5.26 Å². The van der Waals surface area contributed by atoms with Gasteiger partial charge >= 0.3 is 0 Å². The minimum Gasteiger partial charge on any atom is -0.321 e. The minimum absolute atomic E-state index is 0.205. The van der Waals surface area contributed by atoms with Gasteiger partial charge in [0.15, 0.2) is 9.84 Å². The zero-order valence-corrected chi connectivity index (χ0v) is 11.3. The summed E-state index contributed by atoms with van der Waals surface area (Å²) in [7, 11) is -3.26. The van der Waals surface area contributed by atoms with Crippen LogP contribution in [0.15, 0.2) is 41.6 Å². The molecule has 0 bridgehead atoms. The fourth-order valence-electron chi connectivity index (χ4n) is 1.91. The first-order valence-electron chi connectivity index (χ1n) is 5.67. The standard InChI is InChI=1S/C13H13N3O2S/c1-19(17,18)12-5-3-2-4-11(12)10-13-15-7-9-16(13)8-6-14/h2-5,7,9H,8,10H2,1H3. The molecule has 0 radical (unpaired) electrons. The number of aromatic nitrogens is 2. The SMILES string of the molecule is CS(=O)(=O)c1ccccc1Cc1nccn1CC#N. The summed E-state index contributed by atoms with van der Waals surface area (Å²) in [5, 5.41) is 8.72. The predicted octanol–water partition coefficient (Wildman–Crippen LogP) is 1.40. The monoisotopic (exact) mass is 275 g/mol. The molecule has 1 aromatic carbocycles. The molecule has 0 aliphatic carbocycles. The number of hydrogen-bond donors (Lipinski definition) is 0. The molecule has 0 unspecified atom stereocenters. The Morgan fingerprint density at radius 1 is 1.37 bits per heavy atom. The highest BCUT2D eigenvalue weighted by Gasteiger charge is 2.14. The Balaban J connectivity index is 2.40. The molecule has 1 heterocycles. The Morgan fingerprint density at radius 3 is 2.79 bits per heavy atom. The first-order chi connectivity index (χ1) is 9.02. The summed E-state index contributed by atoms with van der Waals surface area (Å²) in [5.74, 6) is 0.678. The third-order valence-corrected chi connectivity index (χ3v) is 3.96. The van der Waals surface area contributed by atoms with Crippen LogP contribution < -0.4 is 0 Å². The van der Waals surface area contributed by atoms with E-state index in [1.165, 1.54) is 6.26 Å². The van der Waals surface area contributed by atoms with Gasteiger partial charge in [-0.15, -0.1) is 0 Å². The maximum atomic E-state index is 11.7. The van der Waals surface area contributed by atoms with E-state index in [-0.39, 0.29) is 6.54 Å². The van der Waals surface area contributed by atoms with E-state index >= 15 is 0 Å². The first-order valence-corrected chi connectivity index (χ1v) is 7.56. The van der Waals surface area contributed by atoms with Gasteiger partial charge in [0.05, 0.1) is 11.0 Å². The second kappa shape index (κ2) is 5.24. The van der Waals surface area contributed by atoms with Crippen molar-refractivity contribution in [3.63, 3.8) is 0 Å². The van der Waals surface area contributed by atoms with E-state index in [1.54, 1.807) is 41.2 Å². The minimum atomic E-state index is -3.26. The highest BCUT2D eigenvalue weighted by molar-refractivity contribution is 7.90. The molecule has 0 spiro atoms. The summed E-state index contributed by atoms with van der Waals surface area (Å²) >= 11 is 0. The van der Waals surface area contributed by atoms with Crippen LogP contribution in [0, 0.1) is 11.3 Å². The lowest BCUT2D eigenvalue weighted by Crippen LogP contribution is -2.07. The van der Waals surface area contributed by atoms with Crippen LogP contribution in [-0.2, 0) is 22.8 Å². The Hall–Kier alpha value is -2.13. The van der Waals surface area contributed by atoms with Gasteiger partial charge < -0.3 is 4.57 Å². The Kier molecular flexibility index (Phi) is 3.67. The highest BCUT2D eigenvalue weighted by Crippen LogP contribution is 2.18. The zero-order valence-electron chi connectivity index (χ0n) is 10.4. The van der Waals surface area contributed by atoms with Gasteiger partial charge in [-0.25, -0.2) is 13.4 Å². The number of hydrogen-bond acceptors (Lipinski definition) is 4. The summed E-state index contributed by atoms with van der Waals surface area (Å²) in [6.45, 7) is 0.205. The molecule has 1 aromatic heterocycles. The van der Waals surface area contributed by atoms with E-state index in [0.29, 0.717) is 22.7 Å². The van der Waals surface area contributed by atoms with Crippen LogP contribution in [0.3, 0.4) is 0 Å². The van der Waals surface area contributed by atoms with Crippen LogP contribution >= 0.6 is 0 Å². The van der Waals surface area contributed by atoms with Crippen LogP contribution in [0.25, 0.3) is 0 Å². The quantitative estimate of drug-likeness (QED) is 0.845. The number of benzene rings is 1. The summed E-state index contributed by atoms with van der Waals surface area (Å²) in [6, 6.07) is 8.89. The van der Waals surface area contributed by atoms with Gasteiger partial charge in [0.1, 0.15) is 12.4 Å². The van der Waals surface area contributed by atoms with E-state index < -0.39 is 9.84 Å². The van der Waals surface area contributed by atoms with Crippen LogP contribution in [0.2, 0.25) is 0 Å². The second-order valence-electron chi connectivity index (χ2n) is 4.19. The van der Waals surface area contributed by atoms with E-state index in [0.717, 1.165) is 0 Å².